The first kappa shape index (κ1) is 14.9. The van der Waals surface area contributed by atoms with Crippen LogP contribution in [0.1, 0.15) is 30.5 Å². The molecule has 1 aromatic heterocycles. The second-order valence-corrected chi connectivity index (χ2v) is 5.00. The van der Waals surface area contributed by atoms with Gasteiger partial charge in [0.15, 0.2) is 6.61 Å². The maximum atomic E-state index is 12.2. The van der Waals surface area contributed by atoms with Gasteiger partial charge in [-0.3, -0.25) is 4.57 Å². The van der Waals surface area contributed by atoms with Gasteiger partial charge < -0.3 is 10.5 Å². The number of rotatable bonds is 4. The van der Waals surface area contributed by atoms with Gasteiger partial charge in [0.25, 0.3) is 0 Å². The van der Waals surface area contributed by atoms with Crippen LogP contribution in [0.15, 0.2) is 12.1 Å². The van der Waals surface area contributed by atoms with Gasteiger partial charge in [0.2, 0.25) is 5.95 Å². The zero-order chi connectivity index (χ0) is 15.6. The average molecular weight is 285 g/mol. The predicted octanol–water partition coefficient (Wildman–Crippen LogP) is 2.36. The zero-order valence-electron chi connectivity index (χ0n) is 12.5. The number of nitrogen functional groups attached to an aromatic ring is 1. The highest BCUT2D eigenvalue weighted by atomic mass is 16.5. The molecule has 1 heterocycles. The molecule has 0 radical (unpaired) electrons. The molecule has 0 amide bonds. The Morgan fingerprint density at radius 2 is 2.14 bits per heavy atom. The summed E-state index contributed by atoms with van der Waals surface area (Å²) in [6.07, 6.45) is 5.67. The van der Waals surface area contributed by atoms with Gasteiger partial charge in [0.1, 0.15) is 6.04 Å². The standard InChI is InChI=1S/C16H19N3O2/c1-5-7-21-15(20)13(6-2)19-14-9-11(4)10(3)8-12(14)18-16(19)17/h1,8-9,13H,6-7H2,2-4H3,(H2,17,18). The van der Waals surface area contributed by atoms with Crippen LogP contribution in [-0.4, -0.2) is 22.1 Å². The molecule has 1 atom stereocenters. The second kappa shape index (κ2) is 5.88. The lowest BCUT2D eigenvalue weighted by molar-refractivity contribution is -0.146. The highest BCUT2D eigenvalue weighted by Crippen LogP contribution is 2.27. The number of aryl methyl sites for hydroxylation is 2. The normalized spacial score (nSPS) is 12.1. The van der Waals surface area contributed by atoms with Gasteiger partial charge in [-0.05, 0) is 43.5 Å². The Balaban J connectivity index is 2.53. The number of esters is 1. The lowest BCUT2D eigenvalue weighted by Gasteiger charge is -2.17. The Morgan fingerprint density at radius 3 is 2.76 bits per heavy atom. The van der Waals surface area contributed by atoms with Crippen molar-refractivity contribution in [3.8, 4) is 12.3 Å². The van der Waals surface area contributed by atoms with Crippen molar-refractivity contribution < 1.29 is 9.53 Å². The fourth-order valence-corrected chi connectivity index (χ4v) is 2.36. The number of anilines is 1. The molecule has 5 nitrogen and oxygen atoms in total. The number of carbonyl (C=O) groups is 1. The molecule has 2 aromatic rings. The number of imidazole rings is 1. The van der Waals surface area contributed by atoms with Gasteiger partial charge in [-0.25, -0.2) is 9.78 Å². The van der Waals surface area contributed by atoms with Crippen molar-refractivity contribution >= 4 is 23.0 Å². The van der Waals surface area contributed by atoms with Crippen molar-refractivity contribution in [1.82, 2.24) is 9.55 Å². The van der Waals surface area contributed by atoms with Crippen LogP contribution in [0.5, 0.6) is 0 Å². The van der Waals surface area contributed by atoms with E-state index in [1.807, 2.05) is 32.9 Å². The molecule has 0 bridgehead atoms. The van der Waals surface area contributed by atoms with Gasteiger partial charge in [0.05, 0.1) is 11.0 Å². The third-order valence-electron chi connectivity index (χ3n) is 3.60. The molecule has 2 N–H and O–H groups in total. The molecule has 0 aliphatic rings. The number of nitrogens with zero attached hydrogens (tertiary/aromatic N) is 2. The fourth-order valence-electron chi connectivity index (χ4n) is 2.36. The Kier molecular flexibility index (Phi) is 4.18. The lowest BCUT2D eigenvalue weighted by atomic mass is 10.1. The summed E-state index contributed by atoms with van der Waals surface area (Å²) < 4.78 is 6.77. The molecule has 0 aliphatic carbocycles. The molecule has 0 fully saturated rings. The lowest BCUT2D eigenvalue weighted by Crippen LogP contribution is -2.23. The van der Waals surface area contributed by atoms with E-state index in [0.717, 1.165) is 22.2 Å². The topological polar surface area (TPSA) is 70.1 Å². The summed E-state index contributed by atoms with van der Waals surface area (Å²) in [4.78, 5) is 16.5. The van der Waals surface area contributed by atoms with E-state index in [9.17, 15) is 4.79 Å². The molecule has 2 rings (SSSR count). The van der Waals surface area contributed by atoms with Gasteiger partial charge >= 0.3 is 5.97 Å². The summed E-state index contributed by atoms with van der Waals surface area (Å²) in [5, 5.41) is 0. The minimum absolute atomic E-state index is 0.0417. The summed E-state index contributed by atoms with van der Waals surface area (Å²) in [6, 6.07) is 3.44. The monoisotopic (exact) mass is 285 g/mol. The number of hydrogen-bond donors (Lipinski definition) is 1. The number of ether oxygens (including phenoxy) is 1. The number of nitrogens with two attached hydrogens (primary N) is 1. The fraction of sp³-hybridized carbons (Fsp3) is 0.375. The number of terminal acetylenes is 1. The highest BCUT2D eigenvalue weighted by Gasteiger charge is 2.24. The zero-order valence-corrected chi connectivity index (χ0v) is 12.5. The van der Waals surface area contributed by atoms with E-state index in [0.29, 0.717) is 12.4 Å². The largest absolute Gasteiger partial charge is 0.451 e. The Bertz CT molecular complexity index is 725. The molecule has 5 heteroatoms. The quantitative estimate of drug-likeness (QED) is 0.691. The van der Waals surface area contributed by atoms with E-state index in [1.165, 1.54) is 0 Å². The molecule has 1 unspecified atom stereocenters. The Hall–Kier alpha value is -2.48. The first-order valence-corrected chi connectivity index (χ1v) is 6.84. The van der Waals surface area contributed by atoms with E-state index in [2.05, 4.69) is 10.9 Å². The van der Waals surface area contributed by atoms with Crippen LogP contribution in [0, 0.1) is 26.2 Å². The molecule has 110 valence electrons. The van der Waals surface area contributed by atoms with Crippen LogP contribution < -0.4 is 5.73 Å². The van der Waals surface area contributed by atoms with Crippen LogP contribution in [0.4, 0.5) is 5.95 Å². The van der Waals surface area contributed by atoms with E-state index < -0.39 is 6.04 Å². The summed E-state index contributed by atoms with van der Waals surface area (Å²) in [6.45, 7) is 5.89. The minimum atomic E-state index is -0.523. The molecule has 21 heavy (non-hydrogen) atoms. The highest BCUT2D eigenvalue weighted by molar-refractivity contribution is 5.84. The molecule has 1 aromatic carbocycles. The molecule has 0 spiro atoms. The Morgan fingerprint density at radius 1 is 1.48 bits per heavy atom. The maximum absolute atomic E-state index is 12.2. The number of aromatic nitrogens is 2. The number of fused-ring (bicyclic) bond motifs is 1. The Labute approximate surface area is 124 Å². The van der Waals surface area contributed by atoms with Gasteiger partial charge in [-0.1, -0.05) is 12.8 Å². The van der Waals surface area contributed by atoms with Crippen molar-refractivity contribution in [2.45, 2.75) is 33.2 Å². The third kappa shape index (κ3) is 2.70. The smallest absolute Gasteiger partial charge is 0.330 e. The van der Waals surface area contributed by atoms with Crippen molar-refractivity contribution in [3.63, 3.8) is 0 Å². The van der Waals surface area contributed by atoms with Crippen LogP contribution in [0.2, 0.25) is 0 Å². The third-order valence-corrected chi connectivity index (χ3v) is 3.60. The van der Waals surface area contributed by atoms with E-state index in [-0.39, 0.29) is 12.6 Å². The maximum Gasteiger partial charge on any atom is 0.330 e. The van der Waals surface area contributed by atoms with Gasteiger partial charge in [-0.15, -0.1) is 6.42 Å². The molecule has 0 saturated heterocycles. The molecular formula is C16H19N3O2. The van der Waals surface area contributed by atoms with E-state index in [1.54, 1.807) is 4.57 Å². The van der Waals surface area contributed by atoms with Crippen LogP contribution in [0.25, 0.3) is 11.0 Å². The van der Waals surface area contributed by atoms with Crippen molar-refractivity contribution in [2.75, 3.05) is 12.3 Å². The first-order chi connectivity index (χ1) is 9.99. The van der Waals surface area contributed by atoms with Gasteiger partial charge in [-0.2, -0.15) is 0 Å². The van der Waals surface area contributed by atoms with Crippen LogP contribution in [-0.2, 0) is 9.53 Å². The minimum Gasteiger partial charge on any atom is -0.451 e. The SMILES string of the molecule is C#CCOC(=O)C(CC)n1c(N)nc2cc(C)c(C)cc21. The summed E-state index contributed by atoms with van der Waals surface area (Å²) in [5.74, 6) is 2.21. The summed E-state index contributed by atoms with van der Waals surface area (Å²) in [5.41, 5.74) is 9.87. The number of hydrogen-bond acceptors (Lipinski definition) is 4. The van der Waals surface area contributed by atoms with E-state index in [4.69, 9.17) is 16.9 Å². The first-order valence-electron chi connectivity index (χ1n) is 6.84. The molecular weight excluding hydrogens is 266 g/mol. The van der Waals surface area contributed by atoms with Crippen LogP contribution in [0.3, 0.4) is 0 Å². The summed E-state index contributed by atoms with van der Waals surface area (Å²) >= 11 is 0. The predicted molar refractivity (Wildman–Crippen MR) is 82.7 cm³/mol. The van der Waals surface area contributed by atoms with Gasteiger partial charge in [0, 0.05) is 0 Å². The molecule has 0 aliphatic heterocycles. The number of benzene rings is 1. The van der Waals surface area contributed by atoms with Crippen molar-refractivity contribution in [3.05, 3.63) is 23.3 Å². The van der Waals surface area contributed by atoms with Crippen molar-refractivity contribution in [1.29, 1.82) is 0 Å². The summed E-state index contributed by atoms with van der Waals surface area (Å²) in [7, 11) is 0. The second-order valence-electron chi connectivity index (χ2n) is 5.00. The van der Waals surface area contributed by atoms with Crippen molar-refractivity contribution in [2.24, 2.45) is 0 Å². The number of carbonyl (C=O) groups excluding carboxylic acids is 1. The average Bonchev–Trinajstić information content (AvgIpc) is 2.74. The van der Waals surface area contributed by atoms with Crippen LogP contribution >= 0.6 is 0 Å². The van der Waals surface area contributed by atoms with E-state index >= 15 is 0 Å². The molecule has 0 saturated carbocycles.